The first kappa shape index (κ1) is 39.5. The highest BCUT2D eigenvalue weighted by Crippen LogP contribution is 2.65. The summed E-state index contributed by atoms with van der Waals surface area (Å²) in [5.41, 5.74) is 1.33. The third kappa shape index (κ3) is 6.47. The van der Waals surface area contributed by atoms with Gasteiger partial charge in [0.15, 0.2) is 0 Å². The first-order chi connectivity index (χ1) is 29.5. The maximum absolute atomic E-state index is 11.7. The highest BCUT2D eigenvalue weighted by Gasteiger charge is 2.62. The van der Waals surface area contributed by atoms with Gasteiger partial charge in [-0.05, 0) is 106 Å². The summed E-state index contributed by atoms with van der Waals surface area (Å²) < 4.78 is 15.8. The molecule has 0 radical (unpaired) electrons. The topological polar surface area (TPSA) is 38.7 Å². The van der Waals surface area contributed by atoms with E-state index in [1.54, 1.807) is 0 Å². The van der Waals surface area contributed by atoms with E-state index in [4.69, 9.17) is 8.85 Å². The van der Waals surface area contributed by atoms with Crippen LogP contribution in [-0.2, 0) is 8.85 Å². The van der Waals surface area contributed by atoms with Crippen LogP contribution in [0.25, 0.3) is 0 Å². The van der Waals surface area contributed by atoms with Crippen molar-refractivity contribution in [2.45, 2.75) is 70.5 Å². The van der Waals surface area contributed by atoms with Gasteiger partial charge in [-0.25, -0.2) is 0 Å². The molecule has 0 aromatic heterocycles. The predicted molar refractivity (Wildman–Crippen MR) is 251 cm³/mol. The summed E-state index contributed by atoms with van der Waals surface area (Å²) in [7, 11) is -5.74. The monoisotopic (exact) mass is 822 g/mol. The molecule has 0 saturated heterocycles. The molecule has 0 spiro atoms. The summed E-state index contributed by atoms with van der Waals surface area (Å²) in [4.78, 5) is 0. The summed E-state index contributed by atoms with van der Waals surface area (Å²) in [5, 5.41) is 19.4. The Morgan fingerprint density at radius 3 is 1.33 bits per heavy atom. The molecule has 5 heteroatoms. The average Bonchev–Trinajstić information content (AvgIpc) is 3.66. The Bertz CT molecular complexity index is 2180. The SMILES string of the molecule is C[C@]12CC[C@H]3[C@@H](CC=C4C[C@@H](O[Si](c5ccccc5)(c5ccccc5)c5ccccc5)CC[C@@]43CO)[C@@H]1CC[C@@H]2O[Si](c1ccccc1)(c1ccccc1)c1ccccc1. The predicted octanol–water partition coefficient (Wildman–Crippen LogP) is 8.03. The molecule has 6 aromatic rings. The van der Waals surface area contributed by atoms with E-state index in [-0.39, 0.29) is 29.6 Å². The Morgan fingerprint density at radius 1 is 0.500 bits per heavy atom. The van der Waals surface area contributed by atoms with Crippen LogP contribution in [0.5, 0.6) is 0 Å². The molecule has 7 atom stereocenters. The molecule has 1 N–H and O–H groups in total. The fourth-order valence-corrected chi connectivity index (χ4v) is 21.2. The lowest BCUT2D eigenvalue weighted by Gasteiger charge is -2.59. The van der Waals surface area contributed by atoms with Crippen molar-refractivity contribution in [3.63, 3.8) is 0 Å². The zero-order chi connectivity index (χ0) is 40.6. The molecule has 60 heavy (non-hydrogen) atoms. The number of hydrogen-bond acceptors (Lipinski definition) is 3. The molecule has 3 nitrogen and oxygen atoms in total. The molecule has 0 heterocycles. The highest BCUT2D eigenvalue weighted by molar-refractivity contribution is 7.07. The smallest absolute Gasteiger partial charge is 0.288 e. The second-order valence-corrected chi connectivity index (χ2v) is 25.1. The van der Waals surface area contributed by atoms with Crippen molar-refractivity contribution in [1.82, 2.24) is 0 Å². The van der Waals surface area contributed by atoms with Crippen molar-refractivity contribution in [2.75, 3.05) is 6.61 Å². The Balaban J connectivity index is 0.965. The highest BCUT2D eigenvalue weighted by atomic mass is 28.4. The van der Waals surface area contributed by atoms with E-state index in [1.165, 1.54) is 43.1 Å². The van der Waals surface area contributed by atoms with Gasteiger partial charge in [0.05, 0.1) is 12.7 Å². The van der Waals surface area contributed by atoms with Gasteiger partial charge in [0.25, 0.3) is 16.6 Å². The third-order valence-electron chi connectivity index (χ3n) is 15.7. The first-order valence-electron chi connectivity index (χ1n) is 22.5. The lowest BCUT2D eigenvalue weighted by molar-refractivity contribution is -0.0841. The molecule has 10 rings (SSSR count). The van der Waals surface area contributed by atoms with Gasteiger partial charge in [0.1, 0.15) is 0 Å². The number of benzene rings is 6. The molecule has 3 fully saturated rings. The van der Waals surface area contributed by atoms with Crippen LogP contribution in [0, 0.1) is 28.6 Å². The van der Waals surface area contributed by atoms with E-state index in [1.807, 2.05) is 0 Å². The minimum atomic E-state index is -2.87. The van der Waals surface area contributed by atoms with Crippen LogP contribution in [0.2, 0.25) is 0 Å². The van der Waals surface area contributed by atoms with Crippen LogP contribution in [0.15, 0.2) is 194 Å². The van der Waals surface area contributed by atoms with Crippen LogP contribution < -0.4 is 31.1 Å². The van der Waals surface area contributed by atoms with Crippen molar-refractivity contribution < 1.29 is 14.0 Å². The van der Waals surface area contributed by atoms with Gasteiger partial charge >= 0.3 is 0 Å². The Morgan fingerprint density at radius 2 is 0.917 bits per heavy atom. The van der Waals surface area contributed by atoms with Gasteiger partial charge in [-0.1, -0.05) is 201 Å². The summed E-state index contributed by atoms with van der Waals surface area (Å²) >= 11 is 0. The first-order valence-corrected chi connectivity index (χ1v) is 26.3. The van der Waals surface area contributed by atoms with Crippen LogP contribution in [0.4, 0.5) is 0 Å². The third-order valence-corrected chi connectivity index (χ3v) is 23.9. The quantitative estimate of drug-likeness (QED) is 0.0818. The minimum absolute atomic E-state index is 0.0618. The standard InChI is InChI=1S/C55H58O3Si2/c1-54-38-37-52-50(51(54)34-35-53(54)58-60(47-26-14-5-15-27-47,48-28-16-6-17-29-48)49-30-18-7-19-31-49)33-32-42-40-43(36-39-55(42,52)41-56)57-59(44-20-8-2-9-21-44,45-22-10-3-11-23-45)46-24-12-4-13-25-46/h2-32,43,50-53,56H,33-41H2,1H3/t43-,50-,51-,52-,53-,54-,55+/m0/s1. The molecule has 0 unspecified atom stereocenters. The zero-order valence-electron chi connectivity index (χ0n) is 34.9. The van der Waals surface area contributed by atoms with Crippen molar-refractivity contribution >= 4 is 47.8 Å². The molecule has 0 bridgehead atoms. The van der Waals surface area contributed by atoms with Gasteiger partial charge in [-0.3, -0.25) is 0 Å². The number of rotatable bonds is 11. The van der Waals surface area contributed by atoms with Crippen LogP contribution in [0.3, 0.4) is 0 Å². The van der Waals surface area contributed by atoms with Crippen molar-refractivity contribution in [2.24, 2.45) is 28.6 Å². The molecular weight excluding hydrogens is 765 g/mol. The van der Waals surface area contributed by atoms with E-state index in [9.17, 15) is 5.11 Å². The number of fused-ring (bicyclic) bond motifs is 5. The molecule has 4 aliphatic rings. The number of allylic oxidation sites excluding steroid dienone is 1. The fourth-order valence-electron chi connectivity index (χ4n) is 12.9. The van der Waals surface area contributed by atoms with Crippen molar-refractivity contribution in [3.8, 4) is 0 Å². The second-order valence-electron chi connectivity index (χ2n) is 18.4. The van der Waals surface area contributed by atoms with Gasteiger partial charge in [-0.2, -0.15) is 0 Å². The fraction of sp³-hybridized carbons (Fsp3) is 0.309. The van der Waals surface area contributed by atoms with Crippen LogP contribution >= 0.6 is 0 Å². The van der Waals surface area contributed by atoms with E-state index >= 15 is 0 Å². The molecule has 6 aromatic carbocycles. The average molecular weight is 823 g/mol. The van der Waals surface area contributed by atoms with E-state index in [2.05, 4.69) is 195 Å². The van der Waals surface area contributed by atoms with Crippen LogP contribution in [-0.4, -0.2) is 40.6 Å². The molecule has 3 saturated carbocycles. The van der Waals surface area contributed by atoms with Gasteiger partial charge in [0, 0.05) is 11.5 Å². The Hall–Kier alpha value is -4.63. The zero-order valence-corrected chi connectivity index (χ0v) is 36.9. The number of aliphatic hydroxyl groups excluding tert-OH is 1. The van der Waals surface area contributed by atoms with Crippen molar-refractivity contribution in [3.05, 3.63) is 194 Å². The van der Waals surface area contributed by atoms with Crippen LogP contribution in [0.1, 0.15) is 58.3 Å². The van der Waals surface area contributed by atoms with E-state index < -0.39 is 16.6 Å². The Kier molecular flexibility index (Phi) is 10.8. The van der Waals surface area contributed by atoms with E-state index in [0.29, 0.717) is 17.8 Å². The molecule has 304 valence electrons. The van der Waals surface area contributed by atoms with Gasteiger partial charge in [-0.15, -0.1) is 0 Å². The number of hydrogen-bond donors (Lipinski definition) is 1. The van der Waals surface area contributed by atoms with Gasteiger partial charge < -0.3 is 14.0 Å². The van der Waals surface area contributed by atoms with E-state index in [0.717, 1.165) is 44.9 Å². The lowest BCUT2D eigenvalue weighted by Crippen LogP contribution is -2.71. The summed E-state index contributed by atoms with van der Waals surface area (Å²) in [6.45, 7) is 2.79. The largest absolute Gasteiger partial charge is 0.401 e. The molecular formula is C55H58O3Si2. The maximum atomic E-state index is 11.7. The summed E-state index contributed by atoms with van der Waals surface area (Å²) in [6.07, 6.45) is 11.2. The molecule has 0 aliphatic heterocycles. The summed E-state index contributed by atoms with van der Waals surface area (Å²) in [6, 6.07) is 66.3. The maximum Gasteiger partial charge on any atom is 0.288 e. The summed E-state index contributed by atoms with van der Waals surface area (Å²) in [5.74, 6) is 1.57. The Labute approximate surface area is 359 Å². The number of aliphatic hydroxyl groups is 1. The minimum Gasteiger partial charge on any atom is -0.401 e. The van der Waals surface area contributed by atoms with Gasteiger partial charge in [0.2, 0.25) is 0 Å². The lowest BCUT2D eigenvalue weighted by atomic mass is 9.47. The normalized spacial score (nSPS) is 27.6. The second kappa shape index (κ2) is 16.3. The van der Waals surface area contributed by atoms with Crippen molar-refractivity contribution in [1.29, 1.82) is 0 Å². The molecule has 0 amide bonds. The molecule has 4 aliphatic carbocycles.